The van der Waals surface area contributed by atoms with Gasteiger partial charge >= 0.3 is 0 Å². The minimum Gasteiger partial charge on any atom is -0.353 e. The molecule has 1 aliphatic carbocycles. The molecular weight excluding hydrogens is 356 g/mol. The summed E-state index contributed by atoms with van der Waals surface area (Å²) in [5.74, 6) is 0.698. The van der Waals surface area contributed by atoms with Crippen LogP contribution in [0, 0.1) is 0 Å². The molecule has 27 heavy (non-hydrogen) atoms. The Hall–Kier alpha value is -2.34. The van der Waals surface area contributed by atoms with Crippen molar-refractivity contribution in [3.63, 3.8) is 0 Å². The van der Waals surface area contributed by atoms with E-state index in [0.717, 1.165) is 19.3 Å². The fourth-order valence-electron chi connectivity index (χ4n) is 3.25. The molecule has 1 aromatic carbocycles. The number of nitrogens with one attached hydrogen (secondary N) is 2. The highest BCUT2D eigenvalue weighted by Gasteiger charge is 2.20. The molecule has 0 saturated carbocycles. The third-order valence-corrected chi connectivity index (χ3v) is 5.94. The van der Waals surface area contributed by atoms with E-state index in [1.807, 2.05) is 0 Å². The molecule has 2 atom stereocenters. The Morgan fingerprint density at radius 1 is 1.26 bits per heavy atom. The van der Waals surface area contributed by atoms with Gasteiger partial charge in [0.2, 0.25) is 5.91 Å². The molecule has 1 amide bonds. The molecule has 6 heteroatoms. The Morgan fingerprint density at radius 2 is 2.04 bits per heavy atom. The maximum atomic E-state index is 12.0. The van der Waals surface area contributed by atoms with Gasteiger partial charge < -0.3 is 15.5 Å². The van der Waals surface area contributed by atoms with E-state index in [1.54, 1.807) is 30.3 Å². The number of carbonyl (C=O) groups is 1. The van der Waals surface area contributed by atoms with Crippen molar-refractivity contribution < 1.29 is 4.79 Å². The number of aliphatic imine (C=N–C) groups is 1. The van der Waals surface area contributed by atoms with Gasteiger partial charge in [0.05, 0.1) is 6.04 Å². The summed E-state index contributed by atoms with van der Waals surface area (Å²) in [4.78, 5) is 19.4. The smallest absolute Gasteiger partial charge is 0.243 e. The molecule has 2 N–H and O–H groups in total. The van der Waals surface area contributed by atoms with Crippen molar-refractivity contribution in [2.75, 3.05) is 20.6 Å². The number of rotatable bonds is 5. The first-order valence-electron chi connectivity index (χ1n) is 9.41. The van der Waals surface area contributed by atoms with Crippen LogP contribution in [0.4, 0.5) is 0 Å². The first-order valence-corrected chi connectivity index (χ1v) is 10.3. The van der Waals surface area contributed by atoms with E-state index in [0.29, 0.717) is 12.0 Å². The monoisotopic (exact) mass is 384 g/mol. The Morgan fingerprint density at radius 3 is 2.74 bits per heavy atom. The molecular formula is C21H28N4OS. The second-order valence-electron chi connectivity index (χ2n) is 7.19. The van der Waals surface area contributed by atoms with Gasteiger partial charge in [0, 0.05) is 25.0 Å². The van der Waals surface area contributed by atoms with Crippen LogP contribution >= 0.6 is 11.3 Å². The van der Waals surface area contributed by atoms with Crippen LogP contribution in [0.5, 0.6) is 0 Å². The summed E-state index contributed by atoms with van der Waals surface area (Å²) in [6, 6.07) is 13.3. The zero-order chi connectivity index (χ0) is 19.2. The molecule has 1 aromatic heterocycles. The summed E-state index contributed by atoms with van der Waals surface area (Å²) in [7, 11) is 3.51. The van der Waals surface area contributed by atoms with Gasteiger partial charge in [0.15, 0.2) is 5.96 Å². The highest BCUT2D eigenvalue weighted by Crippen LogP contribution is 2.21. The number of amides is 1. The van der Waals surface area contributed by atoms with Crippen molar-refractivity contribution in [2.45, 2.75) is 38.3 Å². The number of hydrogen-bond acceptors (Lipinski definition) is 3. The van der Waals surface area contributed by atoms with Crippen LogP contribution in [0.3, 0.4) is 0 Å². The van der Waals surface area contributed by atoms with E-state index >= 15 is 0 Å². The zero-order valence-corrected chi connectivity index (χ0v) is 17.1. The minimum atomic E-state index is -0.00568. The molecule has 2 aromatic rings. The fraction of sp³-hybridized carbons (Fsp3) is 0.429. The molecule has 0 bridgehead atoms. The van der Waals surface area contributed by atoms with E-state index in [4.69, 9.17) is 0 Å². The summed E-state index contributed by atoms with van der Waals surface area (Å²) in [6.07, 6.45) is 3.11. The number of nitrogens with zero attached hydrogens (tertiary/aromatic N) is 2. The van der Waals surface area contributed by atoms with Gasteiger partial charge in [-0.2, -0.15) is 0 Å². The van der Waals surface area contributed by atoms with E-state index in [9.17, 15) is 4.79 Å². The van der Waals surface area contributed by atoms with Gasteiger partial charge in [-0.05, 0) is 48.8 Å². The summed E-state index contributed by atoms with van der Waals surface area (Å²) in [5.41, 5.74) is 2.84. The van der Waals surface area contributed by atoms with Crippen molar-refractivity contribution in [3.05, 3.63) is 57.8 Å². The average Bonchev–Trinajstić information content (AvgIpc) is 3.20. The molecule has 0 radical (unpaired) electrons. The predicted octanol–water partition coefficient (Wildman–Crippen LogP) is 2.99. The van der Waals surface area contributed by atoms with Crippen molar-refractivity contribution in [1.82, 2.24) is 15.5 Å². The lowest BCUT2D eigenvalue weighted by molar-refractivity contribution is -0.127. The number of likely N-dealkylation sites (N-methyl/N-ethyl adjacent to an activating group) is 1. The van der Waals surface area contributed by atoms with Crippen LogP contribution in [0.2, 0.25) is 0 Å². The summed E-state index contributed by atoms with van der Waals surface area (Å²) >= 11 is 1.72. The van der Waals surface area contributed by atoms with Crippen LogP contribution in [0.1, 0.15) is 35.4 Å². The average molecular weight is 385 g/mol. The van der Waals surface area contributed by atoms with E-state index in [1.165, 1.54) is 16.0 Å². The summed E-state index contributed by atoms with van der Waals surface area (Å²) < 4.78 is 0. The molecule has 5 nitrogen and oxygen atoms in total. The minimum absolute atomic E-state index is 0.00568. The van der Waals surface area contributed by atoms with Crippen molar-refractivity contribution in [2.24, 2.45) is 4.99 Å². The third kappa shape index (κ3) is 5.32. The Bertz CT molecular complexity index is 785. The fourth-order valence-corrected chi connectivity index (χ4v) is 3.98. The second-order valence-corrected chi connectivity index (χ2v) is 8.17. The van der Waals surface area contributed by atoms with Crippen LogP contribution in [0.15, 0.2) is 46.8 Å². The lowest BCUT2D eigenvalue weighted by Gasteiger charge is -2.28. The lowest BCUT2D eigenvalue weighted by atomic mass is 9.88. The number of fused-ring (bicyclic) bond motifs is 1. The number of benzene rings is 1. The van der Waals surface area contributed by atoms with Crippen LogP contribution < -0.4 is 10.6 Å². The number of guanidine groups is 1. The Labute approximate surface area is 165 Å². The molecule has 3 rings (SSSR count). The largest absolute Gasteiger partial charge is 0.353 e. The van der Waals surface area contributed by atoms with Crippen molar-refractivity contribution in [3.8, 4) is 0 Å². The van der Waals surface area contributed by atoms with Gasteiger partial charge in [0.25, 0.3) is 0 Å². The summed E-state index contributed by atoms with van der Waals surface area (Å²) in [6.45, 7) is 2.26. The SMILES string of the molecule is CC(NC(=NCC(=O)N(C)C)NC1CCc2ccccc2C1)c1cccs1. The Kier molecular flexibility index (Phi) is 6.50. The number of aryl methyl sites for hydroxylation is 1. The van der Waals surface area contributed by atoms with Gasteiger partial charge in [0.1, 0.15) is 6.54 Å². The molecule has 0 fully saturated rings. The lowest BCUT2D eigenvalue weighted by Crippen LogP contribution is -2.46. The zero-order valence-electron chi connectivity index (χ0n) is 16.2. The standard InChI is InChI=1S/C21H28N4OS/c1-15(19-9-6-12-27-19)23-21(22-14-20(26)25(2)3)24-18-11-10-16-7-4-5-8-17(16)13-18/h4-9,12,15,18H,10-11,13-14H2,1-3H3,(H2,22,23,24). The van der Waals surface area contributed by atoms with Crippen LogP contribution in [-0.4, -0.2) is 43.4 Å². The van der Waals surface area contributed by atoms with Gasteiger partial charge in [-0.25, -0.2) is 4.99 Å². The second kappa shape index (κ2) is 9.04. The molecule has 2 unspecified atom stereocenters. The maximum absolute atomic E-state index is 12.0. The molecule has 144 valence electrons. The highest BCUT2D eigenvalue weighted by molar-refractivity contribution is 7.10. The predicted molar refractivity (Wildman–Crippen MR) is 112 cm³/mol. The quantitative estimate of drug-likeness (QED) is 0.615. The normalized spacial score (nSPS) is 17.7. The maximum Gasteiger partial charge on any atom is 0.243 e. The first kappa shape index (κ1) is 19.4. The first-order chi connectivity index (χ1) is 13.0. The molecule has 1 aliphatic rings. The molecule has 1 heterocycles. The number of carbonyl (C=O) groups excluding carboxylic acids is 1. The highest BCUT2D eigenvalue weighted by atomic mass is 32.1. The molecule has 0 aliphatic heterocycles. The molecule has 0 saturated heterocycles. The third-order valence-electron chi connectivity index (χ3n) is 4.88. The molecule has 0 spiro atoms. The van der Waals surface area contributed by atoms with Crippen molar-refractivity contribution >= 4 is 23.2 Å². The van der Waals surface area contributed by atoms with Crippen molar-refractivity contribution in [1.29, 1.82) is 0 Å². The van der Waals surface area contributed by atoms with Gasteiger partial charge in [-0.15, -0.1) is 11.3 Å². The summed E-state index contributed by atoms with van der Waals surface area (Å²) in [5, 5.41) is 9.10. The van der Waals surface area contributed by atoms with E-state index < -0.39 is 0 Å². The number of hydrogen-bond donors (Lipinski definition) is 2. The van der Waals surface area contributed by atoms with Crippen LogP contribution in [-0.2, 0) is 17.6 Å². The topological polar surface area (TPSA) is 56.7 Å². The van der Waals surface area contributed by atoms with Gasteiger partial charge in [-0.3, -0.25) is 4.79 Å². The van der Waals surface area contributed by atoms with Gasteiger partial charge in [-0.1, -0.05) is 30.3 Å². The van der Waals surface area contributed by atoms with E-state index in [-0.39, 0.29) is 18.5 Å². The Balaban J connectivity index is 1.69. The van der Waals surface area contributed by atoms with Crippen LogP contribution in [0.25, 0.3) is 0 Å². The number of thiophene rings is 1. The van der Waals surface area contributed by atoms with E-state index in [2.05, 4.69) is 64.3 Å².